The van der Waals surface area contributed by atoms with Crippen LogP contribution < -0.4 is 4.74 Å². The number of benzene rings is 1. The zero-order valence-electron chi connectivity index (χ0n) is 14.7. The lowest BCUT2D eigenvalue weighted by Crippen LogP contribution is -2.27. The van der Waals surface area contributed by atoms with Crippen LogP contribution in [0.4, 0.5) is 0 Å². The van der Waals surface area contributed by atoms with E-state index in [1.54, 1.807) is 7.11 Å². The van der Waals surface area contributed by atoms with Gasteiger partial charge in [0.1, 0.15) is 11.1 Å². The van der Waals surface area contributed by atoms with Gasteiger partial charge in [0.25, 0.3) is 0 Å². The minimum atomic E-state index is -0.446. The number of fused-ring (bicyclic) bond motifs is 1. The van der Waals surface area contributed by atoms with Gasteiger partial charge >= 0.3 is 5.97 Å². The molecule has 1 aromatic carbocycles. The molecule has 2 rings (SSSR count). The van der Waals surface area contributed by atoms with Crippen molar-refractivity contribution in [3.8, 4) is 5.75 Å². The molecule has 1 heterocycles. The molecule has 0 atom stereocenters. The van der Waals surface area contributed by atoms with Crippen molar-refractivity contribution >= 4 is 61.2 Å². The largest absolute Gasteiger partial charge is 0.494 e. The van der Waals surface area contributed by atoms with Crippen LogP contribution in [0.25, 0.3) is 11.0 Å². The van der Waals surface area contributed by atoms with Crippen molar-refractivity contribution < 1.29 is 18.7 Å². The molecule has 0 fully saturated rings. The number of methoxy groups -OCH3 is 1. The minimum absolute atomic E-state index is 0. The van der Waals surface area contributed by atoms with E-state index in [-0.39, 0.29) is 18.2 Å². The second kappa shape index (κ2) is 9.80. The van der Waals surface area contributed by atoms with Crippen molar-refractivity contribution in [2.75, 3.05) is 33.4 Å². The van der Waals surface area contributed by atoms with Gasteiger partial charge in [-0.25, -0.2) is 4.79 Å². The van der Waals surface area contributed by atoms with Gasteiger partial charge in [-0.1, -0.05) is 13.8 Å². The number of furan rings is 1. The van der Waals surface area contributed by atoms with E-state index in [0.29, 0.717) is 29.0 Å². The molecule has 0 spiro atoms. The Hall–Kier alpha value is -0.760. The molecule has 0 saturated heterocycles. The maximum Gasteiger partial charge on any atom is 0.374 e. The highest BCUT2D eigenvalue weighted by Gasteiger charge is 2.23. The molecule has 0 unspecified atom stereocenters. The Kier molecular flexibility index (Phi) is 8.74. The van der Waals surface area contributed by atoms with E-state index in [9.17, 15) is 4.79 Å². The lowest BCUT2D eigenvalue weighted by atomic mass is 10.1. The van der Waals surface area contributed by atoms with Crippen molar-refractivity contribution in [2.45, 2.75) is 20.8 Å². The quantitative estimate of drug-likeness (QED) is 0.491. The molecule has 2 aromatic rings. The fourth-order valence-electron chi connectivity index (χ4n) is 2.52. The molecule has 0 bridgehead atoms. The van der Waals surface area contributed by atoms with Crippen LogP contribution in [0.3, 0.4) is 0 Å². The molecule has 8 heteroatoms. The van der Waals surface area contributed by atoms with E-state index >= 15 is 0 Å². The number of nitrogens with zero attached hydrogens (tertiary/aromatic N) is 1. The van der Waals surface area contributed by atoms with E-state index in [4.69, 9.17) is 13.9 Å². The summed E-state index contributed by atoms with van der Waals surface area (Å²) in [5.74, 6) is 0.404. The summed E-state index contributed by atoms with van der Waals surface area (Å²) in [5, 5.41) is 0.838. The smallest absolute Gasteiger partial charge is 0.374 e. The van der Waals surface area contributed by atoms with Crippen LogP contribution in [0.5, 0.6) is 5.75 Å². The van der Waals surface area contributed by atoms with Crippen LogP contribution in [0, 0.1) is 6.92 Å². The zero-order chi connectivity index (χ0) is 17.9. The fraction of sp³-hybridized carbons (Fsp3) is 0.471. The molecule has 1 aromatic heterocycles. The van der Waals surface area contributed by atoms with Gasteiger partial charge < -0.3 is 18.8 Å². The molecule has 5 nitrogen and oxygen atoms in total. The predicted molar refractivity (Wildman–Crippen MR) is 108 cm³/mol. The molecular weight excluding hydrogens is 477 g/mol. The standard InChI is InChI=1S/C17H21Br2NO4.ClH/c1-5-20(6-2)7-8-23-17(21)14-10(3)11-9-12(18)16(22-4)13(19)15(11)24-14;/h9H,5-8H2,1-4H3;1H. The van der Waals surface area contributed by atoms with Crippen molar-refractivity contribution in [3.63, 3.8) is 0 Å². The molecule has 25 heavy (non-hydrogen) atoms. The van der Waals surface area contributed by atoms with Gasteiger partial charge in [0.15, 0.2) is 11.3 Å². The Morgan fingerprint density at radius 2 is 1.92 bits per heavy atom. The van der Waals surface area contributed by atoms with Crippen molar-refractivity contribution in [1.82, 2.24) is 4.90 Å². The normalized spacial score (nSPS) is 10.8. The number of carbonyl (C=O) groups excluding carboxylic acids is 1. The van der Waals surface area contributed by atoms with Crippen LogP contribution in [0.1, 0.15) is 30.0 Å². The lowest BCUT2D eigenvalue weighted by molar-refractivity contribution is 0.0432. The SMILES string of the molecule is CCN(CC)CCOC(=O)c1oc2c(Br)c(OC)c(Br)cc2c1C.Cl. The first-order valence-corrected chi connectivity index (χ1v) is 9.37. The highest BCUT2D eigenvalue weighted by atomic mass is 79.9. The van der Waals surface area contributed by atoms with Crippen LogP contribution in [0.2, 0.25) is 0 Å². The Morgan fingerprint density at radius 3 is 2.48 bits per heavy atom. The molecule has 0 aliphatic heterocycles. The first-order valence-electron chi connectivity index (χ1n) is 7.79. The number of aryl methyl sites for hydroxylation is 1. The Balaban J connectivity index is 0.00000312. The first-order chi connectivity index (χ1) is 11.4. The number of carbonyl (C=O) groups is 1. The summed E-state index contributed by atoms with van der Waals surface area (Å²) >= 11 is 6.94. The number of rotatable bonds is 7. The summed E-state index contributed by atoms with van der Waals surface area (Å²) in [6, 6.07) is 1.88. The number of likely N-dealkylation sites (N-methyl/N-ethyl adjacent to an activating group) is 1. The molecule has 0 saturated carbocycles. The highest BCUT2D eigenvalue weighted by molar-refractivity contribution is 9.11. The Labute approximate surface area is 170 Å². The predicted octanol–water partition coefficient (Wildman–Crippen LogP) is 5.20. The summed E-state index contributed by atoms with van der Waals surface area (Å²) in [6.45, 7) is 8.91. The third kappa shape index (κ3) is 4.70. The summed E-state index contributed by atoms with van der Waals surface area (Å²) < 4.78 is 17.9. The molecule has 0 aliphatic carbocycles. The molecular formula is C17H22Br2ClNO4. The minimum Gasteiger partial charge on any atom is -0.494 e. The van der Waals surface area contributed by atoms with Gasteiger partial charge in [-0.2, -0.15) is 0 Å². The van der Waals surface area contributed by atoms with Crippen LogP contribution in [0.15, 0.2) is 19.4 Å². The van der Waals surface area contributed by atoms with Gasteiger partial charge in [0.05, 0.1) is 11.6 Å². The van der Waals surface area contributed by atoms with E-state index < -0.39 is 5.97 Å². The second-order valence-electron chi connectivity index (χ2n) is 5.30. The summed E-state index contributed by atoms with van der Waals surface area (Å²) in [6.07, 6.45) is 0. The number of hydrogen-bond acceptors (Lipinski definition) is 5. The van der Waals surface area contributed by atoms with Crippen LogP contribution in [-0.2, 0) is 4.74 Å². The average Bonchev–Trinajstić information content (AvgIpc) is 2.89. The van der Waals surface area contributed by atoms with Crippen molar-refractivity contribution in [1.29, 1.82) is 0 Å². The van der Waals surface area contributed by atoms with Crippen molar-refractivity contribution in [2.24, 2.45) is 0 Å². The number of esters is 1. The number of halogens is 3. The molecule has 140 valence electrons. The van der Waals surface area contributed by atoms with Crippen LogP contribution >= 0.6 is 44.3 Å². The van der Waals surface area contributed by atoms with Gasteiger partial charge in [-0.05, 0) is 57.9 Å². The van der Waals surface area contributed by atoms with E-state index in [1.165, 1.54) is 0 Å². The van der Waals surface area contributed by atoms with E-state index in [1.807, 2.05) is 13.0 Å². The molecule has 0 radical (unpaired) electrons. The highest BCUT2D eigenvalue weighted by Crippen LogP contribution is 2.42. The first kappa shape index (κ1) is 22.3. The van der Waals surface area contributed by atoms with E-state index in [0.717, 1.165) is 28.5 Å². The lowest BCUT2D eigenvalue weighted by Gasteiger charge is -2.17. The number of ether oxygens (including phenoxy) is 2. The topological polar surface area (TPSA) is 51.9 Å². The Morgan fingerprint density at radius 1 is 1.28 bits per heavy atom. The van der Waals surface area contributed by atoms with Gasteiger partial charge in [0.2, 0.25) is 5.76 Å². The maximum absolute atomic E-state index is 12.4. The average molecular weight is 500 g/mol. The number of hydrogen-bond donors (Lipinski definition) is 0. The fourth-order valence-corrected chi connectivity index (χ4v) is 4.04. The Bertz CT molecular complexity index is 744. The zero-order valence-corrected chi connectivity index (χ0v) is 18.6. The maximum atomic E-state index is 12.4. The van der Waals surface area contributed by atoms with Gasteiger partial charge in [-0.15, -0.1) is 12.4 Å². The molecule has 0 N–H and O–H groups in total. The van der Waals surface area contributed by atoms with Gasteiger partial charge in [0, 0.05) is 17.5 Å². The molecule has 0 amide bonds. The van der Waals surface area contributed by atoms with Crippen molar-refractivity contribution in [3.05, 3.63) is 26.3 Å². The summed E-state index contributed by atoms with van der Waals surface area (Å²) in [7, 11) is 1.58. The van der Waals surface area contributed by atoms with E-state index in [2.05, 4.69) is 50.6 Å². The third-order valence-electron chi connectivity index (χ3n) is 4.00. The van der Waals surface area contributed by atoms with Gasteiger partial charge in [-0.3, -0.25) is 0 Å². The monoisotopic (exact) mass is 497 g/mol. The van der Waals surface area contributed by atoms with Crippen LogP contribution in [-0.4, -0.2) is 44.2 Å². The molecule has 0 aliphatic rings. The summed E-state index contributed by atoms with van der Waals surface area (Å²) in [5.41, 5.74) is 1.32. The summed E-state index contributed by atoms with van der Waals surface area (Å²) in [4.78, 5) is 14.5. The second-order valence-corrected chi connectivity index (χ2v) is 6.95. The third-order valence-corrected chi connectivity index (χ3v) is 5.31.